The highest BCUT2D eigenvalue weighted by molar-refractivity contribution is 5.98. The van der Waals surface area contributed by atoms with Crippen LogP contribution in [0.4, 0.5) is 5.69 Å². The fourth-order valence-corrected chi connectivity index (χ4v) is 3.40. The van der Waals surface area contributed by atoms with Gasteiger partial charge in [-0.1, -0.05) is 16.8 Å². The Balaban J connectivity index is 1.60. The zero-order valence-electron chi connectivity index (χ0n) is 18.6. The summed E-state index contributed by atoms with van der Waals surface area (Å²) < 4.78 is 7.00. The van der Waals surface area contributed by atoms with Gasteiger partial charge in [-0.15, -0.1) is 5.10 Å². The topological polar surface area (TPSA) is 121 Å². The van der Waals surface area contributed by atoms with Crippen LogP contribution in [0.15, 0.2) is 58.7 Å². The predicted molar refractivity (Wildman–Crippen MR) is 126 cm³/mol. The number of hydrogen-bond acceptors (Lipinski definition) is 8. The quantitative estimate of drug-likeness (QED) is 0.250. The van der Waals surface area contributed by atoms with E-state index < -0.39 is 4.92 Å². The maximum atomic E-state index is 10.9. The van der Waals surface area contributed by atoms with E-state index in [0.29, 0.717) is 28.5 Å². The summed E-state index contributed by atoms with van der Waals surface area (Å²) in [4.78, 5) is 14.9. The number of nitro groups is 1. The third-order valence-corrected chi connectivity index (χ3v) is 5.10. The Morgan fingerprint density at radius 2 is 1.91 bits per heavy atom. The Hall–Kier alpha value is -4.47. The van der Waals surface area contributed by atoms with E-state index in [9.17, 15) is 10.1 Å². The van der Waals surface area contributed by atoms with Crippen molar-refractivity contribution in [1.29, 1.82) is 0 Å². The van der Waals surface area contributed by atoms with Gasteiger partial charge >= 0.3 is 0 Å². The third-order valence-electron chi connectivity index (χ3n) is 5.10. The molecular weight excluding hydrogens is 422 g/mol. The number of aryl methyl sites for hydroxylation is 1. The van der Waals surface area contributed by atoms with Crippen molar-refractivity contribution in [2.45, 2.75) is 20.8 Å². The second-order valence-electron chi connectivity index (χ2n) is 7.42. The molecular formula is C23H21N7O3. The van der Waals surface area contributed by atoms with E-state index in [1.165, 1.54) is 12.1 Å². The van der Waals surface area contributed by atoms with E-state index in [2.05, 4.69) is 25.5 Å². The number of ether oxygens (including phenoxy) is 1. The van der Waals surface area contributed by atoms with Gasteiger partial charge in [0.1, 0.15) is 5.69 Å². The minimum absolute atomic E-state index is 0.0117. The molecule has 0 aliphatic heterocycles. The number of methoxy groups -OCH3 is 1. The summed E-state index contributed by atoms with van der Waals surface area (Å²) in [5, 5.41) is 28.7. The number of aromatic nitrogens is 4. The lowest BCUT2D eigenvalue weighted by molar-refractivity contribution is -0.384. The molecule has 0 radical (unpaired) electrons. The smallest absolute Gasteiger partial charge is 0.269 e. The first-order chi connectivity index (χ1) is 15.9. The van der Waals surface area contributed by atoms with E-state index in [0.717, 1.165) is 22.2 Å². The van der Waals surface area contributed by atoms with Crippen LogP contribution in [0.2, 0.25) is 0 Å². The highest BCUT2D eigenvalue weighted by Gasteiger charge is 2.14. The van der Waals surface area contributed by atoms with Crippen molar-refractivity contribution >= 4 is 28.5 Å². The van der Waals surface area contributed by atoms with Crippen molar-refractivity contribution in [2.75, 3.05) is 7.11 Å². The summed E-state index contributed by atoms with van der Waals surface area (Å²) in [6.07, 6.45) is 1.59. The van der Waals surface area contributed by atoms with E-state index in [-0.39, 0.29) is 5.69 Å². The lowest BCUT2D eigenvalue weighted by atomic mass is 10.1. The Bertz CT molecular complexity index is 1410. The molecule has 0 saturated heterocycles. The van der Waals surface area contributed by atoms with Crippen LogP contribution >= 0.6 is 0 Å². The van der Waals surface area contributed by atoms with Crippen LogP contribution in [0.3, 0.4) is 0 Å². The zero-order chi connectivity index (χ0) is 23.5. The van der Waals surface area contributed by atoms with Gasteiger partial charge < -0.3 is 4.74 Å². The van der Waals surface area contributed by atoms with Crippen LogP contribution in [0.5, 0.6) is 5.88 Å². The second kappa shape index (κ2) is 8.95. The summed E-state index contributed by atoms with van der Waals surface area (Å²) in [6, 6.07) is 14.0. The van der Waals surface area contributed by atoms with Crippen LogP contribution in [-0.4, -0.2) is 43.9 Å². The molecule has 0 aliphatic carbocycles. The number of nitro benzene ring substituents is 1. The Kier molecular flexibility index (Phi) is 5.90. The van der Waals surface area contributed by atoms with Crippen molar-refractivity contribution in [3.05, 3.63) is 81.2 Å². The summed E-state index contributed by atoms with van der Waals surface area (Å²) in [5.41, 5.74) is 5.24. The van der Waals surface area contributed by atoms with Crippen LogP contribution in [-0.2, 0) is 0 Å². The van der Waals surface area contributed by atoms with Gasteiger partial charge in [0, 0.05) is 17.5 Å². The number of non-ortho nitro benzene ring substituents is 1. The van der Waals surface area contributed by atoms with Gasteiger partial charge in [-0.25, -0.2) is 9.67 Å². The number of hydrogen-bond donors (Lipinski definition) is 0. The molecule has 0 amide bonds. The normalized spacial score (nSPS) is 11.9. The van der Waals surface area contributed by atoms with E-state index in [1.54, 1.807) is 37.1 Å². The second-order valence-corrected chi connectivity index (χ2v) is 7.42. The molecule has 0 unspecified atom stereocenters. The first-order valence-corrected chi connectivity index (χ1v) is 10.1. The molecule has 10 heteroatoms. The number of nitrogens with zero attached hydrogens (tertiary/aromatic N) is 7. The summed E-state index contributed by atoms with van der Waals surface area (Å²) >= 11 is 0. The number of pyridine rings is 1. The van der Waals surface area contributed by atoms with Crippen LogP contribution in [0.25, 0.3) is 16.6 Å². The van der Waals surface area contributed by atoms with Crippen molar-refractivity contribution in [3.63, 3.8) is 0 Å². The molecule has 0 spiro atoms. The molecule has 4 rings (SSSR count). The van der Waals surface area contributed by atoms with Gasteiger partial charge in [-0.2, -0.15) is 10.2 Å². The molecule has 0 aliphatic rings. The number of fused-ring (bicyclic) bond motifs is 1. The van der Waals surface area contributed by atoms with Crippen LogP contribution < -0.4 is 4.74 Å². The summed E-state index contributed by atoms with van der Waals surface area (Å²) in [5.74, 6) is 0.461. The van der Waals surface area contributed by atoms with Crippen molar-refractivity contribution in [2.24, 2.45) is 10.2 Å². The number of benzene rings is 2. The molecule has 2 aromatic carbocycles. The molecule has 10 nitrogen and oxygen atoms in total. The minimum Gasteiger partial charge on any atom is -0.481 e. The summed E-state index contributed by atoms with van der Waals surface area (Å²) in [7, 11) is 1.56. The third kappa shape index (κ3) is 4.45. The van der Waals surface area contributed by atoms with Gasteiger partial charge in [0.25, 0.3) is 5.69 Å². The highest BCUT2D eigenvalue weighted by atomic mass is 16.6. The predicted octanol–water partition coefficient (Wildman–Crippen LogP) is 4.19. The van der Waals surface area contributed by atoms with Gasteiger partial charge in [-0.05, 0) is 51.1 Å². The molecule has 0 fully saturated rings. The molecule has 0 N–H and O–H groups in total. The lowest BCUT2D eigenvalue weighted by Gasteiger charge is -2.06. The molecule has 0 saturated carbocycles. The van der Waals surface area contributed by atoms with Crippen LogP contribution in [0, 0.1) is 24.0 Å². The molecule has 4 aromatic rings. The van der Waals surface area contributed by atoms with E-state index in [1.807, 2.05) is 38.1 Å². The zero-order valence-corrected chi connectivity index (χ0v) is 18.6. The molecule has 0 atom stereocenters. The van der Waals surface area contributed by atoms with Crippen molar-refractivity contribution in [3.8, 4) is 11.6 Å². The molecule has 33 heavy (non-hydrogen) atoms. The SMILES string of the molecule is COc1nc2ccc(C)cc2cc1/C=N/N=C(\C)c1nnn(-c2ccc([N+](=O)[O-])cc2)c1C. The van der Waals surface area contributed by atoms with Crippen molar-refractivity contribution in [1.82, 2.24) is 20.0 Å². The monoisotopic (exact) mass is 443 g/mol. The van der Waals surface area contributed by atoms with Gasteiger partial charge in [0.2, 0.25) is 5.88 Å². The summed E-state index contributed by atoms with van der Waals surface area (Å²) in [6.45, 7) is 5.66. The average molecular weight is 443 g/mol. The maximum Gasteiger partial charge on any atom is 0.269 e. The molecule has 166 valence electrons. The number of rotatable bonds is 6. The molecule has 2 heterocycles. The van der Waals surface area contributed by atoms with E-state index in [4.69, 9.17) is 4.74 Å². The fourth-order valence-electron chi connectivity index (χ4n) is 3.40. The van der Waals surface area contributed by atoms with Crippen molar-refractivity contribution < 1.29 is 9.66 Å². The Morgan fingerprint density at radius 3 is 2.61 bits per heavy atom. The molecule has 2 aromatic heterocycles. The fraction of sp³-hybridized carbons (Fsp3) is 0.174. The first kappa shape index (κ1) is 21.8. The average Bonchev–Trinajstić information content (AvgIpc) is 3.19. The van der Waals surface area contributed by atoms with Gasteiger partial charge in [0.05, 0.1) is 46.4 Å². The molecule has 0 bridgehead atoms. The first-order valence-electron chi connectivity index (χ1n) is 10.1. The Morgan fingerprint density at radius 1 is 1.15 bits per heavy atom. The van der Waals surface area contributed by atoms with Crippen LogP contribution in [0.1, 0.15) is 29.4 Å². The standard InChI is InChI=1S/C23H21N7O3/c1-14-5-10-21-17(11-14)12-18(23(25-21)33-4)13-24-26-15(2)22-16(3)29(28-27-22)19-6-8-20(9-7-19)30(31)32/h5-13H,1-4H3/b24-13+,26-15+. The largest absolute Gasteiger partial charge is 0.481 e. The lowest BCUT2D eigenvalue weighted by Crippen LogP contribution is -2.02. The Labute approximate surface area is 189 Å². The van der Waals surface area contributed by atoms with Gasteiger partial charge in [0.15, 0.2) is 0 Å². The van der Waals surface area contributed by atoms with Gasteiger partial charge in [-0.3, -0.25) is 10.1 Å². The highest BCUT2D eigenvalue weighted by Crippen LogP contribution is 2.22. The van der Waals surface area contributed by atoms with E-state index >= 15 is 0 Å². The minimum atomic E-state index is -0.445. The maximum absolute atomic E-state index is 10.9.